The number of nitrogens with zero attached hydrogens (tertiary/aromatic N) is 2. The number of carboxylic acid groups (broad SMARTS) is 1. The van der Waals surface area contributed by atoms with Crippen molar-refractivity contribution in [3.05, 3.63) is 94.6 Å². The van der Waals surface area contributed by atoms with Gasteiger partial charge < -0.3 is 26.4 Å². The van der Waals surface area contributed by atoms with Crippen molar-refractivity contribution in [2.75, 3.05) is 21.3 Å². The Bertz CT molecular complexity index is 1670. The van der Waals surface area contributed by atoms with Crippen LogP contribution in [0, 0.1) is 0 Å². The molecule has 2 amide bonds. The van der Waals surface area contributed by atoms with Gasteiger partial charge in [0.05, 0.1) is 6.20 Å². The van der Waals surface area contributed by atoms with Crippen LogP contribution in [0.25, 0.3) is 0 Å². The molecule has 1 aliphatic rings. The number of carbonyl (C=O) groups excluding carboxylic acids is 2. The number of alkyl halides is 3. The molecule has 5 rings (SSSR count). The molecule has 0 unspecified atom stereocenters. The van der Waals surface area contributed by atoms with Crippen LogP contribution in [0.15, 0.2) is 72.9 Å². The fourth-order valence-electron chi connectivity index (χ4n) is 3.97. The van der Waals surface area contributed by atoms with Crippen LogP contribution in [0.5, 0.6) is 0 Å². The number of benzene rings is 3. The van der Waals surface area contributed by atoms with Crippen LogP contribution in [-0.2, 0) is 22.4 Å². The number of nitrogens with one attached hydrogen (secondary N) is 4. The molecule has 0 aliphatic carbocycles. The lowest BCUT2D eigenvalue weighted by Gasteiger charge is -2.15. The van der Waals surface area contributed by atoms with E-state index < -0.39 is 12.1 Å². The lowest BCUT2D eigenvalue weighted by atomic mass is 10.0. The van der Waals surface area contributed by atoms with Crippen molar-refractivity contribution in [3.8, 4) is 0 Å². The number of amides is 2. The van der Waals surface area contributed by atoms with Crippen molar-refractivity contribution in [1.29, 1.82) is 0 Å². The zero-order chi connectivity index (χ0) is 31.1. The second kappa shape index (κ2) is 13.2. The van der Waals surface area contributed by atoms with E-state index in [0.29, 0.717) is 34.5 Å². The molecule has 1 aromatic heterocycles. The van der Waals surface area contributed by atoms with E-state index in [-0.39, 0.29) is 11.8 Å². The Morgan fingerprint density at radius 2 is 1.63 bits per heavy atom. The standard InChI is InChI=1S/C27H23ClN6O2.C2HF3O2/c1-16(35)30-20-9-7-18(8-10-20)26(36)33-24-12-11-22-14-19(24)6-5-17-3-2-4-21(13-17)32-27-29-15-23(28)25(31-22)34-27;3-2(4,5)1(6)7/h2-4,7-15H,5-6H2,1H3,(H,30,35)(H,33,36)(H2,29,31,32,34);(H,6,7). The van der Waals surface area contributed by atoms with E-state index in [1.165, 1.54) is 6.92 Å². The molecule has 4 aromatic rings. The number of aliphatic carboxylic acids is 1. The van der Waals surface area contributed by atoms with Crippen LogP contribution in [0.4, 0.5) is 47.7 Å². The highest BCUT2D eigenvalue weighted by atomic mass is 35.5. The fourth-order valence-corrected chi connectivity index (χ4v) is 4.11. The van der Waals surface area contributed by atoms with Crippen LogP contribution in [0.3, 0.4) is 0 Å². The average molecular weight is 613 g/mol. The Kier molecular flexibility index (Phi) is 9.46. The molecule has 5 N–H and O–H groups in total. The molecule has 14 heteroatoms. The Labute approximate surface area is 248 Å². The number of carbonyl (C=O) groups is 3. The summed E-state index contributed by atoms with van der Waals surface area (Å²) in [6.45, 7) is 1.44. The Morgan fingerprint density at radius 3 is 2.30 bits per heavy atom. The van der Waals surface area contributed by atoms with E-state index in [4.69, 9.17) is 21.5 Å². The van der Waals surface area contributed by atoms with Crippen molar-refractivity contribution in [2.45, 2.75) is 25.9 Å². The molecule has 3 aromatic carbocycles. The van der Waals surface area contributed by atoms with Gasteiger partial charge in [0.15, 0.2) is 5.82 Å². The molecule has 0 radical (unpaired) electrons. The highest BCUT2D eigenvalue weighted by Crippen LogP contribution is 2.30. The molecule has 2 heterocycles. The molecule has 0 atom stereocenters. The van der Waals surface area contributed by atoms with Gasteiger partial charge in [0, 0.05) is 35.2 Å². The molecule has 43 heavy (non-hydrogen) atoms. The first-order valence-electron chi connectivity index (χ1n) is 12.6. The molecule has 6 bridgehead atoms. The maximum absolute atomic E-state index is 13.0. The molecular weight excluding hydrogens is 589 g/mol. The van der Waals surface area contributed by atoms with Gasteiger partial charge in [-0.25, -0.2) is 9.78 Å². The predicted octanol–water partition coefficient (Wildman–Crippen LogP) is 6.56. The summed E-state index contributed by atoms with van der Waals surface area (Å²) in [5.74, 6) is -2.24. The summed E-state index contributed by atoms with van der Waals surface area (Å²) in [6, 6.07) is 20.5. The molecule has 222 valence electrons. The van der Waals surface area contributed by atoms with E-state index in [1.54, 1.807) is 30.5 Å². The average Bonchev–Trinajstić information content (AvgIpc) is 2.95. The van der Waals surface area contributed by atoms with Crippen LogP contribution in [-0.4, -0.2) is 39.0 Å². The monoisotopic (exact) mass is 612 g/mol. The van der Waals surface area contributed by atoms with Gasteiger partial charge in [0.1, 0.15) is 5.02 Å². The molecule has 0 saturated carbocycles. The minimum Gasteiger partial charge on any atom is -0.475 e. The number of carboxylic acids is 1. The van der Waals surface area contributed by atoms with E-state index in [1.807, 2.05) is 30.3 Å². The van der Waals surface area contributed by atoms with Crippen LogP contribution in [0.1, 0.15) is 28.4 Å². The van der Waals surface area contributed by atoms with Gasteiger partial charge in [-0.1, -0.05) is 23.7 Å². The summed E-state index contributed by atoms with van der Waals surface area (Å²) >= 11 is 6.34. The number of halogens is 4. The molecule has 0 spiro atoms. The first-order valence-corrected chi connectivity index (χ1v) is 13.0. The van der Waals surface area contributed by atoms with Crippen LogP contribution < -0.4 is 21.3 Å². The SMILES string of the molecule is CC(=O)Nc1ccc(C(=O)Nc2ccc3cc2CCc2cccc(c2)Nc2ncc(Cl)c(n2)N3)cc1.O=C(O)C(F)(F)F. The van der Waals surface area contributed by atoms with Gasteiger partial charge >= 0.3 is 12.1 Å². The maximum atomic E-state index is 13.0. The lowest BCUT2D eigenvalue weighted by molar-refractivity contribution is -0.192. The highest BCUT2D eigenvalue weighted by molar-refractivity contribution is 6.32. The minimum absolute atomic E-state index is 0.165. The zero-order valence-electron chi connectivity index (χ0n) is 22.4. The quantitative estimate of drug-likeness (QED) is 0.175. The predicted molar refractivity (Wildman–Crippen MR) is 156 cm³/mol. The first kappa shape index (κ1) is 30.8. The van der Waals surface area contributed by atoms with Crippen molar-refractivity contribution in [1.82, 2.24) is 9.97 Å². The third-order valence-electron chi connectivity index (χ3n) is 5.94. The van der Waals surface area contributed by atoms with Crippen LogP contribution in [0.2, 0.25) is 5.02 Å². The van der Waals surface area contributed by atoms with Gasteiger partial charge in [-0.2, -0.15) is 18.2 Å². The van der Waals surface area contributed by atoms with Gasteiger partial charge in [0.25, 0.3) is 5.91 Å². The number of aromatic nitrogens is 2. The third kappa shape index (κ3) is 8.66. The second-order valence-corrected chi connectivity index (χ2v) is 9.64. The van der Waals surface area contributed by atoms with Crippen molar-refractivity contribution in [3.63, 3.8) is 0 Å². The van der Waals surface area contributed by atoms with E-state index in [2.05, 4.69) is 43.4 Å². The Morgan fingerprint density at radius 1 is 0.930 bits per heavy atom. The minimum atomic E-state index is -5.08. The zero-order valence-corrected chi connectivity index (χ0v) is 23.2. The fraction of sp³-hybridized carbons (Fsp3) is 0.138. The number of anilines is 6. The van der Waals surface area contributed by atoms with Gasteiger partial charge in [-0.3, -0.25) is 9.59 Å². The summed E-state index contributed by atoms with van der Waals surface area (Å²) in [4.78, 5) is 41.9. The topological polar surface area (TPSA) is 145 Å². The number of fused-ring (bicyclic) bond motifs is 6. The van der Waals surface area contributed by atoms with Crippen molar-refractivity contribution < 1.29 is 32.7 Å². The smallest absolute Gasteiger partial charge is 0.475 e. The summed E-state index contributed by atoms with van der Waals surface area (Å²) in [6.07, 6.45) is -2.06. The number of hydrogen-bond donors (Lipinski definition) is 5. The summed E-state index contributed by atoms with van der Waals surface area (Å²) in [5.41, 5.74) is 5.61. The van der Waals surface area contributed by atoms with Crippen molar-refractivity contribution >= 4 is 63.9 Å². The number of aryl methyl sites for hydroxylation is 2. The lowest BCUT2D eigenvalue weighted by Crippen LogP contribution is -2.21. The maximum Gasteiger partial charge on any atom is 0.490 e. The largest absolute Gasteiger partial charge is 0.490 e. The molecule has 0 fully saturated rings. The highest BCUT2D eigenvalue weighted by Gasteiger charge is 2.38. The Hall–Kier alpha value is -5.17. The summed E-state index contributed by atoms with van der Waals surface area (Å²) < 4.78 is 31.7. The summed E-state index contributed by atoms with van der Waals surface area (Å²) in [7, 11) is 0. The second-order valence-electron chi connectivity index (χ2n) is 9.23. The first-order chi connectivity index (χ1) is 20.4. The van der Waals surface area contributed by atoms with E-state index in [0.717, 1.165) is 34.6 Å². The van der Waals surface area contributed by atoms with Gasteiger partial charge in [-0.15, -0.1) is 0 Å². The van der Waals surface area contributed by atoms with E-state index >= 15 is 0 Å². The van der Waals surface area contributed by atoms with E-state index in [9.17, 15) is 22.8 Å². The third-order valence-corrected chi connectivity index (χ3v) is 6.21. The normalized spacial score (nSPS) is 11.9. The molecule has 0 saturated heterocycles. The number of hydrogen-bond acceptors (Lipinski definition) is 7. The van der Waals surface area contributed by atoms with Gasteiger partial charge in [0.2, 0.25) is 11.9 Å². The van der Waals surface area contributed by atoms with Crippen molar-refractivity contribution in [2.24, 2.45) is 0 Å². The number of rotatable bonds is 3. The van der Waals surface area contributed by atoms with Crippen LogP contribution >= 0.6 is 11.6 Å². The molecule has 1 aliphatic heterocycles. The molecule has 10 nitrogen and oxygen atoms in total. The van der Waals surface area contributed by atoms with Gasteiger partial charge in [-0.05, 0) is 78.6 Å². The Balaban J connectivity index is 0.000000541. The summed E-state index contributed by atoms with van der Waals surface area (Å²) in [5, 5.41) is 19.7. The molecular formula is C29H24ClF3N6O4.